The first-order valence-electron chi connectivity index (χ1n) is 9.70. The van der Waals surface area contributed by atoms with Crippen molar-refractivity contribution in [1.29, 1.82) is 0 Å². The summed E-state index contributed by atoms with van der Waals surface area (Å²) in [4.78, 5) is 23.5. The van der Waals surface area contributed by atoms with E-state index in [-0.39, 0.29) is 45.4 Å². The van der Waals surface area contributed by atoms with Crippen molar-refractivity contribution in [3.05, 3.63) is 52.1 Å². The number of hydrogen-bond acceptors (Lipinski definition) is 9. The van der Waals surface area contributed by atoms with Crippen LogP contribution in [0.4, 0.5) is 13.8 Å². The number of aliphatic hydroxyl groups excluding tert-OH is 1. The van der Waals surface area contributed by atoms with Crippen LogP contribution in [0.1, 0.15) is 22.3 Å². The zero-order valence-electron chi connectivity index (χ0n) is 18.3. The van der Waals surface area contributed by atoms with Crippen LogP contribution >= 0.6 is 27.5 Å². The third kappa shape index (κ3) is 9.59. The van der Waals surface area contributed by atoms with Crippen molar-refractivity contribution in [2.24, 2.45) is 11.5 Å². The number of rotatable bonds is 12. The molecule has 0 radical (unpaired) electrons. The number of benzene rings is 1. The van der Waals surface area contributed by atoms with Crippen LogP contribution < -0.4 is 26.8 Å². The molecule has 1 unspecified atom stereocenters. The molecule has 2 rings (SSSR count). The largest absolute Gasteiger partial charge is 0.471 e. The normalized spacial score (nSPS) is 11.1. The van der Waals surface area contributed by atoms with Crippen molar-refractivity contribution < 1.29 is 33.0 Å². The summed E-state index contributed by atoms with van der Waals surface area (Å²) in [5.41, 5.74) is 9.53. The maximum Gasteiger partial charge on any atom is 0.257 e. The average molecular weight is 566 g/mol. The van der Waals surface area contributed by atoms with Gasteiger partial charge in [-0.05, 0) is 29.9 Å². The van der Waals surface area contributed by atoms with Crippen LogP contribution in [-0.4, -0.2) is 54.2 Å². The van der Waals surface area contributed by atoms with Gasteiger partial charge in [0.15, 0.2) is 0 Å². The van der Waals surface area contributed by atoms with Crippen LogP contribution in [0.25, 0.3) is 0 Å². The van der Waals surface area contributed by atoms with E-state index in [9.17, 15) is 23.5 Å². The highest BCUT2D eigenvalue weighted by molar-refractivity contribution is 9.10. The molecule has 0 aliphatic heterocycles. The van der Waals surface area contributed by atoms with Crippen LogP contribution in [0.5, 0.6) is 5.88 Å². The molecule has 0 aliphatic rings. The third-order valence-corrected chi connectivity index (χ3v) is 5.16. The van der Waals surface area contributed by atoms with Gasteiger partial charge >= 0.3 is 0 Å². The number of aromatic nitrogens is 1. The number of nitrogens with two attached hydrogens (primary N) is 2. The van der Waals surface area contributed by atoms with E-state index in [0.717, 1.165) is 23.7 Å². The lowest BCUT2D eigenvalue weighted by atomic mass is 10.2. The summed E-state index contributed by atoms with van der Waals surface area (Å²) >= 11 is 3.80. The minimum atomic E-state index is -1.05. The lowest BCUT2D eigenvalue weighted by Gasteiger charge is -2.12. The van der Waals surface area contributed by atoms with E-state index in [4.69, 9.17) is 15.2 Å². The molecule has 0 saturated heterocycles. The number of carbonyl (C=O) groups excluding carboxylic acids is 2. The number of nitrogens with zero attached hydrogens (tertiary/aromatic N) is 1. The van der Waals surface area contributed by atoms with Crippen LogP contribution in [0.15, 0.2) is 29.4 Å². The van der Waals surface area contributed by atoms with Gasteiger partial charge < -0.3 is 36.7 Å². The Labute approximate surface area is 207 Å². The number of hydrogen-bond donors (Lipinski definition) is 5. The molecule has 0 saturated carbocycles. The molecule has 0 spiro atoms. The van der Waals surface area contributed by atoms with Crippen LogP contribution in [-0.2, 0) is 16.1 Å². The highest BCUT2D eigenvalue weighted by Gasteiger charge is 2.22. The molecule has 2 aromatic rings. The zero-order valence-corrected chi connectivity index (χ0v) is 20.7. The summed E-state index contributed by atoms with van der Waals surface area (Å²) in [7, 11) is 1.50. The van der Waals surface area contributed by atoms with Crippen molar-refractivity contribution in [3.63, 3.8) is 0 Å². The second-order valence-corrected chi connectivity index (χ2v) is 8.20. The fourth-order valence-electron chi connectivity index (χ4n) is 2.42. The number of halogens is 3. The average Bonchev–Trinajstić information content (AvgIpc) is 3.15. The molecule has 2 amide bonds. The Kier molecular flexibility index (Phi) is 13.0. The van der Waals surface area contributed by atoms with Gasteiger partial charge in [-0.2, -0.15) is 4.37 Å². The van der Waals surface area contributed by atoms with Crippen molar-refractivity contribution in [2.45, 2.75) is 19.1 Å². The number of aliphatic hydroxyl groups is 1. The Morgan fingerprint density at radius 1 is 1.38 bits per heavy atom. The fourth-order valence-corrected chi connectivity index (χ4v) is 3.57. The van der Waals surface area contributed by atoms with E-state index in [1.807, 2.05) is 0 Å². The standard InChI is InChI=1S/C18H21BrF2N4O5S.C2H5N/c1-29-3-2-23-14(27)6-10(26)7-24-18-15(16(22)28)17(25-31-18)30-8-11-12(20)4-9(19)5-13(11)21;1-2-3/h4-5,10,24,26H,2-3,6-8H2,1H3,(H2,22,28)(H,23,27);2H,1,3H2. The molecule has 0 fully saturated rings. The molecule has 7 N–H and O–H groups in total. The summed E-state index contributed by atoms with van der Waals surface area (Å²) in [5.74, 6) is -3.10. The maximum atomic E-state index is 14.0. The van der Waals surface area contributed by atoms with Crippen LogP contribution in [0.3, 0.4) is 0 Å². The number of amides is 2. The van der Waals surface area contributed by atoms with Gasteiger partial charge in [0.05, 0.1) is 24.7 Å². The first-order valence-corrected chi connectivity index (χ1v) is 11.3. The van der Waals surface area contributed by atoms with Crippen LogP contribution in [0, 0.1) is 11.6 Å². The summed E-state index contributed by atoms with van der Waals surface area (Å²) in [5, 5.41) is 15.6. The molecule has 0 aliphatic carbocycles. The third-order valence-electron chi connectivity index (χ3n) is 3.91. The monoisotopic (exact) mass is 565 g/mol. The molecule has 34 heavy (non-hydrogen) atoms. The molecule has 14 heteroatoms. The van der Waals surface area contributed by atoms with Gasteiger partial charge in [0, 0.05) is 24.7 Å². The summed E-state index contributed by atoms with van der Waals surface area (Å²) in [6.07, 6.45) is 0.0214. The van der Waals surface area contributed by atoms with Crippen molar-refractivity contribution in [1.82, 2.24) is 9.69 Å². The van der Waals surface area contributed by atoms with E-state index in [2.05, 4.69) is 43.2 Å². The molecular formula is C20H26BrF2N5O5S. The summed E-state index contributed by atoms with van der Waals surface area (Å²) < 4.78 is 42.2. The lowest BCUT2D eigenvalue weighted by molar-refractivity contribution is -0.123. The highest BCUT2D eigenvalue weighted by atomic mass is 79.9. The van der Waals surface area contributed by atoms with Gasteiger partial charge in [-0.3, -0.25) is 9.59 Å². The quantitative estimate of drug-likeness (QED) is 0.243. The van der Waals surface area contributed by atoms with Gasteiger partial charge in [0.1, 0.15) is 28.8 Å². The minimum absolute atomic E-state index is 0.0738. The Hall–Kier alpha value is -2.81. The number of nitrogens with one attached hydrogen (secondary N) is 2. The number of ether oxygens (including phenoxy) is 2. The molecule has 1 aromatic carbocycles. The van der Waals surface area contributed by atoms with Gasteiger partial charge in [-0.1, -0.05) is 22.5 Å². The Balaban J connectivity index is 0.00000182. The second-order valence-electron chi connectivity index (χ2n) is 6.51. The summed E-state index contributed by atoms with van der Waals surface area (Å²) in [6.45, 7) is 3.21. The van der Waals surface area contributed by atoms with E-state index >= 15 is 0 Å². The van der Waals surface area contributed by atoms with Gasteiger partial charge in [0.2, 0.25) is 11.8 Å². The van der Waals surface area contributed by atoms with Gasteiger partial charge in [0.25, 0.3) is 5.91 Å². The molecule has 188 valence electrons. The van der Waals surface area contributed by atoms with Crippen LogP contribution in [0.2, 0.25) is 0 Å². The van der Waals surface area contributed by atoms with E-state index in [0.29, 0.717) is 13.2 Å². The first-order chi connectivity index (χ1) is 16.1. The van der Waals surface area contributed by atoms with E-state index in [1.165, 1.54) is 13.3 Å². The zero-order chi connectivity index (χ0) is 25.7. The number of carbonyl (C=O) groups is 2. The first kappa shape index (κ1) is 29.2. The Morgan fingerprint density at radius 3 is 2.56 bits per heavy atom. The number of methoxy groups -OCH3 is 1. The molecule has 1 heterocycles. The summed E-state index contributed by atoms with van der Waals surface area (Å²) in [6, 6.07) is 2.16. The van der Waals surface area contributed by atoms with Crippen molar-refractivity contribution >= 4 is 44.3 Å². The fraction of sp³-hybridized carbons (Fsp3) is 0.350. The minimum Gasteiger partial charge on any atom is -0.471 e. The Bertz CT molecular complexity index is 956. The molecule has 0 bridgehead atoms. The Morgan fingerprint density at radius 2 is 2.00 bits per heavy atom. The van der Waals surface area contributed by atoms with Crippen molar-refractivity contribution in [3.8, 4) is 5.88 Å². The maximum absolute atomic E-state index is 14.0. The van der Waals surface area contributed by atoms with Crippen molar-refractivity contribution in [2.75, 3.05) is 32.1 Å². The van der Waals surface area contributed by atoms with E-state index < -0.39 is 30.3 Å². The predicted molar refractivity (Wildman–Crippen MR) is 127 cm³/mol. The highest BCUT2D eigenvalue weighted by Crippen LogP contribution is 2.31. The molecular weight excluding hydrogens is 540 g/mol. The van der Waals surface area contributed by atoms with Gasteiger partial charge in [-0.25, -0.2) is 8.78 Å². The number of anilines is 1. The predicted octanol–water partition coefficient (Wildman–Crippen LogP) is 1.88. The number of primary amides is 1. The second kappa shape index (κ2) is 15.2. The SMILES string of the molecule is C=CN.COCCNC(=O)CC(O)CNc1snc(OCc2c(F)cc(Br)cc2F)c1C(N)=O. The topological polar surface area (TPSA) is 162 Å². The molecule has 1 atom stereocenters. The van der Waals surface area contributed by atoms with Gasteiger partial charge in [-0.15, -0.1) is 0 Å². The molecule has 1 aromatic heterocycles. The lowest BCUT2D eigenvalue weighted by Crippen LogP contribution is -2.32. The molecule has 10 nitrogen and oxygen atoms in total. The van der Waals surface area contributed by atoms with E-state index in [1.54, 1.807) is 0 Å². The smallest absolute Gasteiger partial charge is 0.257 e.